The molecule has 3 aromatic carbocycles. The molecule has 2 aromatic heterocycles. The predicted molar refractivity (Wildman–Crippen MR) is 127 cm³/mol. The average Bonchev–Trinajstić information content (AvgIpc) is 3.11. The first-order valence-corrected chi connectivity index (χ1v) is 11.1. The topological polar surface area (TPSA) is 52.7 Å². The number of rotatable bonds is 4. The van der Waals surface area contributed by atoms with E-state index in [0.717, 1.165) is 44.3 Å². The Morgan fingerprint density at radius 3 is 2.42 bits per heavy atom. The first-order chi connectivity index (χ1) is 15.0. The van der Waals surface area contributed by atoms with E-state index in [9.17, 15) is 4.79 Å². The molecule has 0 aliphatic heterocycles. The molecular weight excluding hydrogens is 404 g/mol. The molecule has 0 aliphatic carbocycles. The van der Waals surface area contributed by atoms with E-state index in [0.29, 0.717) is 11.1 Å². The second-order valence-electron chi connectivity index (χ2n) is 7.64. The minimum Gasteiger partial charge on any atom is -0.322 e. The van der Waals surface area contributed by atoms with Crippen molar-refractivity contribution in [2.75, 3.05) is 0 Å². The van der Waals surface area contributed by atoms with Gasteiger partial charge >= 0.3 is 0 Å². The van der Waals surface area contributed by atoms with Gasteiger partial charge in [-0.05, 0) is 55.3 Å². The molecule has 0 N–H and O–H groups in total. The quantitative estimate of drug-likeness (QED) is 0.372. The van der Waals surface area contributed by atoms with Gasteiger partial charge in [0.25, 0.3) is 5.56 Å². The molecule has 154 valence electrons. The van der Waals surface area contributed by atoms with Gasteiger partial charge in [0.2, 0.25) is 0 Å². The highest BCUT2D eigenvalue weighted by Crippen LogP contribution is 2.27. The van der Waals surface area contributed by atoms with Crippen molar-refractivity contribution in [2.45, 2.75) is 24.8 Å². The largest absolute Gasteiger partial charge is 0.322 e. The number of aromatic nitrogens is 4. The second kappa shape index (κ2) is 7.71. The number of para-hydroxylation sites is 3. The summed E-state index contributed by atoms with van der Waals surface area (Å²) in [6.07, 6.45) is 0. The minimum atomic E-state index is -0.0418. The van der Waals surface area contributed by atoms with Crippen LogP contribution in [0, 0.1) is 13.8 Å². The molecule has 0 aliphatic rings. The average molecular weight is 427 g/mol. The molecule has 0 atom stereocenters. The van der Waals surface area contributed by atoms with Crippen molar-refractivity contribution in [1.29, 1.82) is 0 Å². The zero-order valence-corrected chi connectivity index (χ0v) is 18.5. The van der Waals surface area contributed by atoms with E-state index in [-0.39, 0.29) is 5.56 Å². The van der Waals surface area contributed by atoms with Gasteiger partial charge in [0.1, 0.15) is 5.82 Å². The third-order valence-electron chi connectivity index (χ3n) is 5.74. The Bertz CT molecular complexity index is 1500. The fraction of sp³-hybridized carbons (Fsp3) is 0.160. The standard InChI is InChI=1S/C25H22N4OS/c1-16-9-8-14-21(17(16)2)29-23(26-19-11-5-4-10-18(19)24(29)30)15-31-25-27-20-12-6-7-13-22(20)28(25)3/h4-14H,15H2,1-3H3. The number of imidazole rings is 1. The van der Waals surface area contributed by atoms with E-state index in [1.807, 2.05) is 61.6 Å². The Morgan fingerprint density at radius 1 is 0.871 bits per heavy atom. The van der Waals surface area contributed by atoms with Crippen LogP contribution in [0.5, 0.6) is 0 Å². The lowest BCUT2D eigenvalue weighted by Gasteiger charge is -2.16. The fourth-order valence-corrected chi connectivity index (χ4v) is 4.79. The molecule has 0 amide bonds. The lowest BCUT2D eigenvalue weighted by atomic mass is 10.1. The van der Waals surface area contributed by atoms with Crippen LogP contribution >= 0.6 is 11.8 Å². The van der Waals surface area contributed by atoms with Gasteiger partial charge in [-0.15, -0.1) is 0 Å². The summed E-state index contributed by atoms with van der Waals surface area (Å²) in [6, 6.07) is 21.7. The Kier molecular flexibility index (Phi) is 4.87. The summed E-state index contributed by atoms with van der Waals surface area (Å²) in [5.74, 6) is 1.25. The highest BCUT2D eigenvalue weighted by molar-refractivity contribution is 7.98. The van der Waals surface area contributed by atoms with Gasteiger partial charge in [0, 0.05) is 7.05 Å². The molecule has 0 fully saturated rings. The van der Waals surface area contributed by atoms with Crippen molar-refractivity contribution in [3.63, 3.8) is 0 Å². The van der Waals surface area contributed by atoms with Gasteiger partial charge in [0.05, 0.1) is 33.4 Å². The van der Waals surface area contributed by atoms with E-state index in [1.54, 1.807) is 16.3 Å². The summed E-state index contributed by atoms with van der Waals surface area (Å²) in [7, 11) is 2.02. The van der Waals surface area contributed by atoms with Crippen LogP contribution in [-0.2, 0) is 12.8 Å². The Morgan fingerprint density at radius 2 is 1.61 bits per heavy atom. The number of benzene rings is 3. The predicted octanol–water partition coefficient (Wildman–Crippen LogP) is 5.18. The van der Waals surface area contributed by atoms with Crippen molar-refractivity contribution < 1.29 is 0 Å². The molecule has 0 radical (unpaired) electrons. The van der Waals surface area contributed by atoms with E-state index < -0.39 is 0 Å². The summed E-state index contributed by atoms with van der Waals surface area (Å²) < 4.78 is 3.85. The highest BCUT2D eigenvalue weighted by atomic mass is 32.2. The molecule has 5 nitrogen and oxygen atoms in total. The smallest absolute Gasteiger partial charge is 0.265 e. The Balaban J connectivity index is 1.65. The highest BCUT2D eigenvalue weighted by Gasteiger charge is 2.16. The lowest BCUT2D eigenvalue weighted by Crippen LogP contribution is -2.24. The van der Waals surface area contributed by atoms with E-state index in [1.165, 1.54) is 0 Å². The number of hydrogen-bond donors (Lipinski definition) is 0. The molecular formula is C25H22N4OS. The molecule has 2 heterocycles. The van der Waals surface area contributed by atoms with Gasteiger partial charge in [0.15, 0.2) is 5.16 Å². The van der Waals surface area contributed by atoms with Crippen LogP contribution in [0.15, 0.2) is 76.7 Å². The zero-order chi connectivity index (χ0) is 21.5. The van der Waals surface area contributed by atoms with Gasteiger partial charge in [-0.25, -0.2) is 9.97 Å². The van der Waals surface area contributed by atoms with Crippen molar-refractivity contribution in [3.8, 4) is 5.69 Å². The van der Waals surface area contributed by atoms with Gasteiger partial charge < -0.3 is 4.57 Å². The number of thioether (sulfide) groups is 1. The molecule has 0 bridgehead atoms. The van der Waals surface area contributed by atoms with Gasteiger partial charge in [-0.3, -0.25) is 9.36 Å². The fourth-order valence-electron chi connectivity index (χ4n) is 3.88. The van der Waals surface area contributed by atoms with Crippen LogP contribution in [0.2, 0.25) is 0 Å². The molecule has 0 saturated carbocycles. The van der Waals surface area contributed by atoms with Crippen molar-refractivity contribution >= 4 is 33.7 Å². The van der Waals surface area contributed by atoms with E-state index in [4.69, 9.17) is 9.97 Å². The second-order valence-corrected chi connectivity index (χ2v) is 8.58. The van der Waals surface area contributed by atoms with E-state index in [2.05, 4.69) is 30.5 Å². The molecule has 31 heavy (non-hydrogen) atoms. The number of aryl methyl sites for hydroxylation is 2. The van der Waals surface area contributed by atoms with Gasteiger partial charge in [-0.2, -0.15) is 0 Å². The first kappa shape index (κ1) is 19.6. The van der Waals surface area contributed by atoms with Crippen molar-refractivity contribution in [2.24, 2.45) is 7.05 Å². The first-order valence-electron chi connectivity index (χ1n) is 10.2. The number of fused-ring (bicyclic) bond motifs is 2. The van der Waals surface area contributed by atoms with Crippen LogP contribution in [-0.4, -0.2) is 19.1 Å². The van der Waals surface area contributed by atoms with Crippen molar-refractivity contribution in [1.82, 2.24) is 19.1 Å². The molecule has 0 spiro atoms. The molecule has 5 aromatic rings. The summed E-state index contributed by atoms with van der Waals surface area (Å²) in [5.41, 5.74) is 5.83. The summed E-state index contributed by atoms with van der Waals surface area (Å²) in [5, 5.41) is 1.52. The SMILES string of the molecule is Cc1cccc(-n2c(CSc3nc4ccccc4n3C)nc3ccccc3c2=O)c1C. The van der Waals surface area contributed by atoms with Crippen LogP contribution in [0.4, 0.5) is 0 Å². The maximum atomic E-state index is 13.5. The van der Waals surface area contributed by atoms with Gasteiger partial charge in [-0.1, -0.05) is 48.2 Å². The summed E-state index contributed by atoms with van der Waals surface area (Å²) in [6.45, 7) is 4.11. The molecule has 5 rings (SSSR count). The number of nitrogens with zero attached hydrogens (tertiary/aromatic N) is 4. The van der Waals surface area contributed by atoms with Crippen molar-refractivity contribution in [3.05, 3.63) is 94.0 Å². The van der Waals surface area contributed by atoms with Crippen LogP contribution in [0.1, 0.15) is 17.0 Å². The maximum absolute atomic E-state index is 13.5. The lowest BCUT2D eigenvalue weighted by molar-refractivity contribution is 0.810. The maximum Gasteiger partial charge on any atom is 0.265 e. The normalized spacial score (nSPS) is 11.5. The monoisotopic (exact) mass is 426 g/mol. The third-order valence-corrected chi connectivity index (χ3v) is 6.76. The molecule has 0 saturated heterocycles. The van der Waals surface area contributed by atoms with Crippen LogP contribution in [0.25, 0.3) is 27.6 Å². The van der Waals surface area contributed by atoms with E-state index >= 15 is 0 Å². The minimum absolute atomic E-state index is 0.0418. The van der Waals surface area contributed by atoms with Crippen LogP contribution < -0.4 is 5.56 Å². The van der Waals surface area contributed by atoms with Crippen LogP contribution in [0.3, 0.4) is 0 Å². The summed E-state index contributed by atoms with van der Waals surface area (Å²) >= 11 is 1.59. The number of hydrogen-bond acceptors (Lipinski definition) is 4. The molecule has 6 heteroatoms. The third kappa shape index (κ3) is 3.33. The Labute approximate surface area is 184 Å². The zero-order valence-electron chi connectivity index (χ0n) is 17.7. The molecule has 0 unspecified atom stereocenters. The Hall–Kier alpha value is -3.38. The summed E-state index contributed by atoms with van der Waals surface area (Å²) in [4.78, 5) is 23.2.